The summed E-state index contributed by atoms with van der Waals surface area (Å²) >= 11 is 12.7. The third kappa shape index (κ3) is 9.71. The zero-order valence-corrected chi connectivity index (χ0v) is 26.8. The average Bonchev–Trinajstić information content (AvgIpc) is 2.98. The fourth-order valence-electron chi connectivity index (χ4n) is 5.54. The zero-order chi connectivity index (χ0) is 30.8. The molecule has 1 atom stereocenters. The van der Waals surface area contributed by atoms with Crippen molar-refractivity contribution in [1.82, 2.24) is 10.2 Å². The largest absolute Gasteiger partial charge is 0.352 e. The van der Waals surface area contributed by atoms with Gasteiger partial charge >= 0.3 is 0 Å². The van der Waals surface area contributed by atoms with Gasteiger partial charge in [0.1, 0.15) is 6.04 Å². The first kappa shape index (κ1) is 32.8. The number of nitrogens with one attached hydrogen (secondary N) is 1. The van der Waals surface area contributed by atoms with Crippen LogP contribution in [0, 0.1) is 0 Å². The Hall–Kier alpha value is -3.07. The maximum Gasteiger partial charge on any atom is 0.243 e. The molecule has 4 rings (SSSR count). The van der Waals surface area contributed by atoms with E-state index in [2.05, 4.69) is 5.32 Å². The standard InChI is InChI=1S/C33H39Cl2N3O4S/c1-43(41,42)38(29-18-10-15-27(34)23-29)21-11-20-32(39)37(24-26-14-8-9-19-30(26)35)31(22-25-12-4-2-5-13-25)33(40)36-28-16-6-3-7-17-28/h2,4-5,8-10,12-15,18-19,23,28,31H,3,6-7,11,16-17,20-22,24H2,1H3,(H,36,40)/t31-/m1/s1. The molecular formula is C33H39Cl2N3O4S. The normalized spacial score (nSPS) is 14.6. The van der Waals surface area contributed by atoms with Gasteiger partial charge in [-0.15, -0.1) is 0 Å². The minimum absolute atomic E-state index is 0.0407. The van der Waals surface area contributed by atoms with Crippen LogP contribution in [-0.2, 0) is 32.6 Å². The number of hydrogen-bond acceptors (Lipinski definition) is 4. The van der Waals surface area contributed by atoms with E-state index >= 15 is 0 Å². The molecule has 1 aliphatic rings. The lowest BCUT2D eigenvalue weighted by molar-refractivity contribution is -0.141. The van der Waals surface area contributed by atoms with E-state index in [-0.39, 0.29) is 43.8 Å². The van der Waals surface area contributed by atoms with Crippen molar-refractivity contribution in [2.45, 2.75) is 70.0 Å². The van der Waals surface area contributed by atoms with Crippen molar-refractivity contribution in [2.75, 3.05) is 17.1 Å². The number of anilines is 1. The van der Waals surface area contributed by atoms with E-state index in [1.54, 1.807) is 35.2 Å². The molecule has 0 aliphatic heterocycles. The number of amides is 2. The predicted octanol–water partition coefficient (Wildman–Crippen LogP) is 6.63. The van der Waals surface area contributed by atoms with E-state index in [0.29, 0.717) is 22.2 Å². The van der Waals surface area contributed by atoms with Gasteiger partial charge in [-0.2, -0.15) is 0 Å². The minimum atomic E-state index is -3.63. The Balaban J connectivity index is 1.60. The van der Waals surface area contributed by atoms with Crippen LogP contribution in [-0.4, -0.2) is 50.0 Å². The lowest BCUT2D eigenvalue weighted by Crippen LogP contribution is -2.53. The molecule has 230 valence electrons. The molecule has 0 aromatic heterocycles. The minimum Gasteiger partial charge on any atom is -0.352 e. The number of nitrogens with zero attached hydrogens (tertiary/aromatic N) is 2. The topological polar surface area (TPSA) is 86.8 Å². The van der Waals surface area contributed by atoms with Gasteiger partial charge in [-0.25, -0.2) is 8.42 Å². The third-order valence-corrected chi connectivity index (χ3v) is 9.57. The van der Waals surface area contributed by atoms with Gasteiger partial charge in [-0.05, 0) is 54.7 Å². The highest BCUT2D eigenvalue weighted by molar-refractivity contribution is 7.92. The molecule has 0 saturated heterocycles. The number of hydrogen-bond donors (Lipinski definition) is 1. The Labute approximate surface area is 265 Å². The Morgan fingerprint density at radius 2 is 1.63 bits per heavy atom. The molecule has 2 amide bonds. The van der Waals surface area contributed by atoms with Gasteiger partial charge < -0.3 is 10.2 Å². The molecule has 0 bridgehead atoms. The zero-order valence-electron chi connectivity index (χ0n) is 24.4. The number of rotatable bonds is 13. The molecule has 1 fully saturated rings. The van der Waals surface area contributed by atoms with Crippen LogP contribution in [0.25, 0.3) is 0 Å². The van der Waals surface area contributed by atoms with E-state index in [4.69, 9.17) is 23.2 Å². The maximum atomic E-state index is 14.0. The quantitative estimate of drug-likeness (QED) is 0.227. The van der Waals surface area contributed by atoms with Crippen LogP contribution in [0.1, 0.15) is 56.1 Å². The van der Waals surface area contributed by atoms with Crippen LogP contribution in [0.3, 0.4) is 0 Å². The van der Waals surface area contributed by atoms with Crippen molar-refractivity contribution in [2.24, 2.45) is 0 Å². The van der Waals surface area contributed by atoms with Crippen molar-refractivity contribution >= 4 is 50.7 Å². The van der Waals surface area contributed by atoms with E-state index in [9.17, 15) is 18.0 Å². The summed E-state index contributed by atoms with van der Waals surface area (Å²) in [5.41, 5.74) is 2.11. The van der Waals surface area contributed by atoms with Crippen LogP contribution >= 0.6 is 23.2 Å². The Morgan fingerprint density at radius 3 is 2.30 bits per heavy atom. The molecule has 1 aliphatic carbocycles. The highest BCUT2D eigenvalue weighted by atomic mass is 35.5. The van der Waals surface area contributed by atoms with Gasteiger partial charge in [0.2, 0.25) is 21.8 Å². The van der Waals surface area contributed by atoms with Crippen molar-refractivity contribution in [3.05, 3.63) is 100 Å². The molecule has 0 heterocycles. The van der Waals surface area contributed by atoms with Gasteiger partial charge in [0.05, 0.1) is 11.9 Å². The van der Waals surface area contributed by atoms with Crippen LogP contribution in [0.5, 0.6) is 0 Å². The van der Waals surface area contributed by atoms with Crippen LogP contribution in [0.2, 0.25) is 10.0 Å². The molecule has 3 aromatic carbocycles. The summed E-state index contributed by atoms with van der Waals surface area (Å²) in [4.78, 5) is 29.6. The summed E-state index contributed by atoms with van der Waals surface area (Å²) in [6.07, 6.45) is 6.91. The SMILES string of the molecule is CS(=O)(=O)N(CCCC(=O)N(Cc1ccccc1Cl)[C@H](Cc1ccccc1)C(=O)NC1CCCCC1)c1cccc(Cl)c1. The molecule has 0 radical (unpaired) electrons. The van der Waals surface area contributed by atoms with Gasteiger partial charge in [0, 0.05) is 42.0 Å². The van der Waals surface area contributed by atoms with Crippen molar-refractivity contribution < 1.29 is 18.0 Å². The lowest BCUT2D eigenvalue weighted by Gasteiger charge is -2.34. The van der Waals surface area contributed by atoms with E-state index in [1.165, 1.54) is 4.31 Å². The van der Waals surface area contributed by atoms with Crippen LogP contribution < -0.4 is 9.62 Å². The summed E-state index contributed by atoms with van der Waals surface area (Å²) < 4.78 is 26.5. The van der Waals surface area contributed by atoms with Gasteiger partial charge in [-0.3, -0.25) is 13.9 Å². The number of carbonyl (C=O) groups excluding carboxylic acids is 2. The third-order valence-electron chi connectivity index (χ3n) is 7.77. The molecule has 1 N–H and O–H groups in total. The molecule has 1 saturated carbocycles. The number of sulfonamides is 1. The fourth-order valence-corrected chi connectivity index (χ4v) is 6.88. The second kappa shape index (κ2) is 15.6. The van der Waals surface area contributed by atoms with Crippen molar-refractivity contribution in [1.29, 1.82) is 0 Å². The second-order valence-electron chi connectivity index (χ2n) is 11.1. The first-order valence-electron chi connectivity index (χ1n) is 14.7. The highest BCUT2D eigenvalue weighted by Gasteiger charge is 2.32. The van der Waals surface area contributed by atoms with Crippen molar-refractivity contribution in [3.8, 4) is 0 Å². The molecule has 10 heteroatoms. The van der Waals surface area contributed by atoms with Crippen LogP contribution in [0.15, 0.2) is 78.9 Å². The summed E-state index contributed by atoms with van der Waals surface area (Å²) in [5, 5.41) is 4.16. The fraction of sp³-hybridized carbons (Fsp3) is 0.394. The number of halogens is 2. The number of benzene rings is 3. The Bertz CT molecular complexity index is 1480. The first-order valence-corrected chi connectivity index (χ1v) is 17.3. The average molecular weight is 645 g/mol. The molecule has 43 heavy (non-hydrogen) atoms. The summed E-state index contributed by atoms with van der Waals surface area (Å²) in [5.74, 6) is -0.438. The highest BCUT2D eigenvalue weighted by Crippen LogP contribution is 2.25. The summed E-state index contributed by atoms with van der Waals surface area (Å²) in [6.45, 7) is 0.237. The van der Waals surface area contributed by atoms with Crippen LogP contribution in [0.4, 0.5) is 5.69 Å². The molecule has 0 unspecified atom stereocenters. The Kier molecular flexibility index (Phi) is 11.9. The van der Waals surface area contributed by atoms with Gasteiger partial charge in [0.25, 0.3) is 0 Å². The predicted molar refractivity (Wildman–Crippen MR) is 174 cm³/mol. The van der Waals surface area contributed by atoms with Gasteiger partial charge in [-0.1, -0.05) is 97.1 Å². The smallest absolute Gasteiger partial charge is 0.243 e. The maximum absolute atomic E-state index is 14.0. The van der Waals surface area contributed by atoms with E-state index < -0.39 is 16.1 Å². The monoisotopic (exact) mass is 643 g/mol. The summed E-state index contributed by atoms with van der Waals surface area (Å²) in [7, 11) is -3.63. The van der Waals surface area contributed by atoms with E-state index in [1.807, 2.05) is 48.5 Å². The van der Waals surface area contributed by atoms with E-state index in [0.717, 1.165) is 49.5 Å². The molecule has 0 spiro atoms. The molecular weight excluding hydrogens is 605 g/mol. The second-order valence-corrected chi connectivity index (χ2v) is 13.8. The summed E-state index contributed by atoms with van der Waals surface area (Å²) in [6, 6.07) is 22.9. The number of carbonyl (C=O) groups is 2. The van der Waals surface area contributed by atoms with Crippen molar-refractivity contribution in [3.63, 3.8) is 0 Å². The Morgan fingerprint density at radius 1 is 0.930 bits per heavy atom. The molecule has 3 aromatic rings. The molecule has 7 nitrogen and oxygen atoms in total. The lowest BCUT2D eigenvalue weighted by atomic mass is 9.94. The first-order chi connectivity index (χ1) is 20.6. The van der Waals surface area contributed by atoms with Gasteiger partial charge in [0.15, 0.2) is 0 Å².